The van der Waals surface area contributed by atoms with E-state index in [9.17, 15) is 9.59 Å². The minimum absolute atomic E-state index is 0.00659. The second kappa shape index (κ2) is 8.16. The fourth-order valence-corrected chi connectivity index (χ4v) is 6.39. The van der Waals surface area contributed by atoms with Crippen LogP contribution in [0, 0.1) is 5.92 Å². The molecule has 0 amide bonds. The summed E-state index contributed by atoms with van der Waals surface area (Å²) >= 11 is 2.93. The Kier molecular flexibility index (Phi) is 5.81. The maximum absolute atomic E-state index is 13.5. The smallest absolute Gasteiger partial charge is 0.318 e. The van der Waals surface area contributed by atoms with Crippen LogP contribution in [0.4, 0.5) is 0 Å². The summed E-state index contributed by atoms with van der Waals surface area (Å²) in [4.78, 5) is 32.4. The normalized spacial score (nSPS) is 23.0. The van der Waals surface area contributed by atoms with Gasteiger partial charge in [-0.05, 0) is 50.5 Å². The molecule has 1 saturated heterocycles. The minimum Gasteiger partial charge on any atom is -0.468 e. The number of aryl methyl sites for hydroxylation is 1. The standard InChI is InChI=1S/C20H26N2O4S2/c1-11-6-7-14-15(9-11)28-17-16(14)18(23)22(10-13-5-4-8-26-13)20(21-17)27-12(2)19(24)25-3/h11-13H,4-10H2,1-3H3/t11-,12-,13-/m0/s1. The van der Waals surface area contributed by atoms with Crippen molar-refractivity contribution in [2.75, 3.05) is 13.7 Å². The van der Waals surface area contributed by atoms with E-state index in [1.165, 1.54) is 29.3 Å². The molecular weight excluding hydrogens is 396 g/mol. The summed E-state index contributed by atoms with van der Waals surface area (Å²) in [5.41, 5.74) is 1.20. The zero-order valence-electron chi connectivity index (χ0n) is 16.5. The van der Waals surface area contributed by atoms with E-state index in [4.69, 9.17) is 14.5 Å². The third kappa shape index (κ3) is 3.74. The third-order valence-electron chi connectivity index (χ3n) is 5.61. The van der Waals surface area contributed by atoms with Gasteiger partial charge in [0.15, 0.2) is 5.16 Å². The minimum atomic E-state index is -0.431. The molecule has 2 aliphatic rings. The summed E-state index contributed by atoms with van der Waals surface area (Å²) in [5.74, 6) is 0.324. The van der Waals surface area contributed by atoms with E-state index in [2.05, 4.69) is 6.92 Å². The summed E-state index contributed by atoms with van der Waals surface area (Å²) in [6, 6.07) is 0. The van der Waals surface area contributed by atoms with Gasteiger partial charge in [-0.1, -0.05) is 18.7 Å². The number of ether oxygens (including phenoxy) is 2. The molecule has 0 N–H and O–H groups in total. The van der Waals surface area contributed by atoms with Gasteiger partial charge in [0.25, 0.3) is 5.56 Å². The summed E-state index contributed by atoms with van der Waals surface area (Å²) < 4.78 is 12.4. The first-order valence-electron chi connectivity index (χ1n) is 9.89. The lowest BCUT2D eigenvalue weighted by Crippen LogP contribution is -2.30. The molecule has 0 saturated carbocycles. The SMILES string of the molecule is COC(=O)[C@H](C)Sc1nc2sc3c(c2c(=O)n1C[C@@H]1CCCO1)CC[C@H](C)C3. The number of nitrogens with zero attached hydrogens (tertiary/aromatic N) is 2. The van der Waals surface area contributed by atoms with Crippen molar-refractivity contribution >= 4 is 39.3 Å². The molecule has 8 heteroatoms. The van der Waals surface area contributed by atoms with Gasteiger partial charge in [-0.25, -0.2) is 4.98 Å². The second-order valence-corrected chi connectivity index (χ2v) is 10.2. The number of hydrogen-bond donors (Lipinski definition) is 0. The molecule has 3 atom stereocenters. The number of carbonyl (C=O) groups excluding carboxylic acids is 1. The second-order valence-electron chi connectivity index (χ2n) is 7.76. The number of hydrogen-bond acceptors (Lipinski definition) is 7. The lowest BCUT2D eigenvalue weighted by molar-refractivity contribution is -0.139. The van der Waals surface area contributed by atoms with Crippen LogP contribution in [0.25, 0.3) is 10.2 Å². The van der Waals surface area contributed by atoms with E-state index in [0.717, 1.165) is 48.9 Å². The van der Waals surface area contributed by atoms with Gasteiger partial charge in [-0.3, -0.25) is 14.2 Å². The maximum atomic E-state index is 13.5. The van der Waals surface area contributed by atoms with Gasteiger partial charge >= 0.3 is 5.97 Å². The fourth-order valence-electron chi connectivity index (χ4n) is 4.02. The highest BCUT2D eigenvalue weighted by Gasteiger charge is 2.27. The molecule has 6 nitrogen and oxygen atoms in total. The van der Waals surface area contributed by atoms with Gasteiger partial charge in [0, 0.05) is 11.5 Å². The van der Waals surface area contributed by atoms with Crippen molar-refractivity contribution in [1.82, 2.24) is 9.55 Å². The Morgan fingerprint density at radius 3 is 3.00 bits per heavy atom. The first kappa shape index (κ1) is 19.9. The average Bonchev–Trinajstić information content (AvgIpc) is 3.30. The molecule has 1 aliphatic heterocycles. The largest absolute Gasteiger partial charge is 0.468 e. The van der Waals surface area contributed by atoms with Gasteiger partial charge in [-0.2, -0.15) is 0 Å². The number of rotatable bonds is 5. The van der Waals surface area contributed by atoms with Gasteiger partial charge in [0.2, 0.25) is 0 Å². The summed E-state index contributed by atoms with van der Waals surface area (Å²) in [6.07, 6.45) is 5.06. The van der Waals surface area contributed by atoms with E-state index >= 15 is 0 Å². The fraction of sp³-hybridized carbons (Fsp3) is 0.650. The van der Waals surface area contributed by atoms with Gasteiger partial charge in [0.05, 0.1) is 25.1 Å². The Morgan fingerprint density at radius 2 is 2.29 bits per heavy atom. The lowest BCUT2D eigenvalue weighted by Gasteiger charge is -2.19. The molecule has 2 aromatic heterocycles. The van der Waals surface area contributed by atoms with Crippen LogP contribution >= 0.6 is 23.1 Å². The highest BCUT2D eigenvalue weighted by Crippen LogP contribution is 2.37. The van der Waals surface area contributed by atoms with Crippen LogP contribution in [-0.2, 0) is 33.7 Å². The molecule has 28 heavy (non-hydrogen) atoms. The highest BCUT2D eigenvalue weighted by atomic mass is 32.2. The van der Waals surface area contributed by atoms with Crippen LogP contribution in [0.5, 0.6) is 0 Å². The Labute approximate surface area is 172 Å². The van der Waals surface area contributed by atoms with Crippen LogP contribution < -0.4 is 5.56 Å². The van der Waals surface area contributed by atoms with Crippen molar-refractivity contribution in [3.05, 3.63) is 20.8 Å². The average molecular weight is 423 g/mol. The molecule has 3 heterocycles. The van der Waals surface area contributed by atoms with Crippen molar-refractivity contribution in [3.8, 4) is 0 Å². The number of thioether (sulfide) groups is 1. The lowest BCUT2D eigenvalue weighted by atomic mass is 9.89. The van der Waals surface area contributed by atoms with E-state index in [1.54, 1.807) is 22.8 Å². The molecule has 0 spiro atoms. The van der Waals surface area contributed by atoms with Crippen molar-refractivity contribution in [2.24, 2.45) is 5.92 Å². The Hall–Kier alpha value is -1.38. The van der Waals surface area contributed by atoms with E-state index in [-0.39, 0.29) is 17.6 Å². The van der Waals surface area contributed by atoms with Crippen LogP contribution in [0.3, 0.4) is 0 Å². The number of fused-ring (bicyclic) bond motifs is 3. The van der Waals surface area contributed by atoms with Gasteiger partial charge in [-0.15, -0.1) is 11.3 Å². The molecular formula is C20H26N2O4S2. The van der Waals surface area contributed by atoms with Crippen LogP contribution in [0.15, 0.2) is 9.95 Å². The third-order valence-corrected chi connectivity index (χ3v) is 7.82. The van der Waals surface area contributed by atoms with Crippen molar-refractivity contribution in [1.29, 1.82) is 0 Å². The molecule has 2 aromatic rings. The van der Waals surface area contributed by atoms with Gasteiger partial charge in [0.1, 0.15) is 10.1 Å². The van der Waals surface area contributed by atoms with Crippen LogP contribution in [-0.4, -0.2) is 40.6 Å². The number of aromatic nitrogens is 2. The first-order valence-corrected chi connectivity index (χ1v) is 11.6. The number of methoxy groups -OCH3 is 1. The Balaban J connectivity index is 1.80. The molecule has 0 bridgehead atoms. The first-order chi connectivity index (χ1) is 13.5. The van der Waals surface area contributed by atoms with Crippen molar-refractivity contribution < 1.29 is 14.3 Å². The predicted octanol–water partition coefficient (Wildman–Crippen LogP) is 3.42. The molecule has 1 aliphatic carbocycles. The van der Waals surface area contributed by atoms with E-state index in [0.29, 0.717) is 17.6 Å². The van der Waals surface area contributed by atoms with Crippen LogP contribution in [0.2, 0.25) is 0 Å². The molecule has 0 aromatic carbocycles. The summed E-state index contributed by atoms with van der Waals surface area (Å²) in [6.45, 7) is 5.26. The predicted molar refractivity (Wildman–Crippen MR) is 111 cm³/mol. The van der Waals surface area contributed by atoms with Crippen LogP contribution in [0.1, 0.15) is 43.6 Å². The van der Waals surface area contributed by atoms with Gasteiger partial charge < -0.3 is 9.47 Å². The topological polar surface area (TPSA) is 70.4 Å². The number of carbonyl (C=O) groups is 1. The summed E-state index contributed by atoms with van der Waals surface area (Å²) in [5, 5.41) is 0.928. The highest BCUT2D eigenvalue weighted by molar-refractivity contribution is 8.00. The molecule has 0 unspecified atom stereocenters. The summed E-state index contributed by atoms with van der Waals surface area (Å²) in [7, 11) is 1.38. The van der Waals surface area contributed by atoms with E-state index < -0.39 is 5.25 Å². The zero-order valence-corrected chi connectivity index (χ0v) is 18.2. The van der Waals surface area contributed by atoms with Crippen molar-refractivity contribution in [3.63, 3.8) is 0 Å². The zero-order chi connectivity index (χ0) is 19.8. The Bertz CT molecular complexity index is 946. The number of thiophene rings is 1. The molecule has 152 valence electrons. The van der Waals surface area contributed by atoms with Crippen molar-refractivity contribution in [2.45, 2.75) is 69.0 Å². The number of esters is 1. The monoisotopic (exact) mass is 422 g/mol. The molecule has 4 rings (SSSR count). The maximum Gasteiger partial charge on any atom is 0.318 e. The molecule has 1 fully saturated rings. The van der Waals surface area contributed by atoms with E-state index in [1.807, 2.05) is 0 Å². The molecule has 0 radical (unpaired) electrons. The Morgan fingerprint density at radius 1 is 1.46 bits per heavy atom. The quantitative estimate of drug-likeness (QED) is 0.418.